The predicted molar refractivity (Wildman–Crippen MR) is 117 cm³/mol. The number of benzene rings is 2. The molecule has 0 bridgehead atoms. The molecule has 29 heavy (non-hydrogen) atoms. The monoisotopic (exact) mass is 452 g/mol. The van der Waals surface area contributed by atoms with E-state index >= 15 is 0 Å². The molecule has 0 unspecified atom stereocenters. The Morgan fingerprint density at radius 1 is 1.07 bits per heavy atom. The number of H-pyrrole nitrogens is 2. The molecule has 2 aromatic heterocycles. The van der Waals surface area contributed by atoms with Gasteiger partial charge in [0.1, 0.15) is 5.69 Å². The van der Waals surface area contributed by atoms with Gasteiger partial charge in [-0.1, -0.05) is 28.1 Å². The first-order valence-electron chi connectivity index (χ1n) is 9.79. The number of nitrogens with zero attached hydrogens (tertiary/aromatic N) is 2. The van der Waals surface area contributed by atoms with Crippen LogP contribution in [-0.4, -0.2) is 38.4 Å². The third-order valence-corrected chi connectivity index (χ3v) is 6.84. The van der Waals surface area contributed by atoms with E-state index in [0.29, 0.717) is 18.8 Å². The smallest absolute Gasteiger partial charge is 0.326 e. The molecule has 5 rings (SSSR count). The SMILES string of the molecule is Cc1c(Br)ccc2[nH]c(C(=O)N3CCC(n4c(=O)[nH]c5ccccc54)CC3)cc12. The third kappa shape index (κ3) is 3.00. The zero-order valence-electron chi connectivity index (χ0n) is 16.0. The Balaban J connectivity index is 1.36. The number of piperidine rings is 1. The highest BCUT2D eigenvalue weighted by Crippen LogP contribution is 2.29. The summed E-state index contributed by atoms with van der Waals surface area (Å²) >= 11 is 3.55. The lowest BCUT2D eigenvalue weighted by Crippen LogP contribution is -2.40. The molecule has 4 aromatic rings. The highest BCUT2D eigenvalue weighted by atomic mass is 79.9. The van der Waals surface area contributed by atoms with Crippen LogP contribution in [0.25, 0.3) is 21.9 Å². The number of fused-ring (bicyclic) bond motifs is 2. The van der Waals surface area contributed by atoms with E-state index in [9.17, 15) is 9.59 Å². The molecule has 2 aromatic carbocycles. The molecular formula is C22H21BrN4O2. The summed E-state index contributed by atoms with van der Waals surface area (Å²) in [6.45, 7) is 3.31. The van der Waals surface area contributed by atoms with Crippen LogP contribution in [-0.2, 0) is 0 Å². The van der Waals surface area contributed by atoms with Crippen LogP contribution in [0.5, 0.6) is 0 Å². The maximum Gasteiger partial charge on any atom is 0.326 e. The van der Waals surface area contributed by atoms with Crippen molar-refractivity contribution in [2.24, 2.45) is 0 Å². The Morgan fingerprint density at radius 2 is 1.83 bits per heavy atom. The summed E-state index contributed by atoms with van der Waals surface area (Å²) < 4.78 is 2.88. The maximum absolute atomic E-state index is 13.0. The molecule has 0 aliphatic carbocycles. The van der Waals surface area contributed by atoms with Crippen LogP contribution in [0.15, 0.2) is 51.7 Å². The molecule has 1 aliphatic rings. The number of para-hydroxylation sites is 2. The topological polar surface area (TPSA) is 73.9 Å². The van der Waals surface area contributed by atoms with E-state index in [1.807, 2.05) is 58.9 Å². The van der Waals surface area contributed by atoms with Gasteiger partial charge in [-0.05, 0) is 55.7 Å². The van der Waals surface area contributed by atoms with Crippen molar-refractivity contribution in [3.8, 4) is 0 Å². The van der Waals surface area contributed by atoms with Crippen molar-refractivity contribution in [1.82, 2.24) is 19.4 Å². The molecule has 148 valence electrons. The number of hydrogen-bond donors (Lipinski definition) is 2. The van der Waals surface area contributed by atoms with Crippen molar-refractivity contribution >= 4 is 43.8 Å². The highest BCUT2D eigenvalue weighted by molar-refractivity contribution is 9.10. The van der Waals surface area contributed by atoms with Crippen LogP contribution in [0.2, 0.25) is 0 Å². The number of imidazole rings is 1. The highest BCUT2D eigenvalue weighted by Gasteiger charge is 2.27. The molecule has 1 amide bonds. The minimum absolute atomic E-state index is 0.0152. The zero-order chi connectivity index (χ0) is 20.1. The van der Waals surface area contributed by atoms with Gasteiger partial charge in [0, 0.05) is 34.5 Å². The molecule has 7 heteroatoms. The van der Waals surface area contributed by atoms with Crippen LogP contribution < -0.4 is 5.69 Å². The van der Waals surface area contributed by atoms with Gasteiger partial charge in [-0.15, -0.1) is 0 Å². The summed E-state index contributed by atoms with van der Waals surface area (Å²) in [4.78, 5) is 33.6. The lowest BCUT2D eigenvalue weighted by Gasteiger charge is -2.32. The number of aryl methyl sites for hydroxylation is 1. The molecule has 0 saturated carbocycles. The van der Waals surface area contributed by atoms with E-state index < -0.39 is 0 Å². The largest absolute Gasteiger partial charge is 0.351 e. The number of amides is 1. The van der Waals surface area contributed by atoms with Gasteiger partial charge in [0.2, 0.25) is 0 Å². The van der Waals surface area contributed by atoms with Gasteiger partial charge in [0.15, 0.2) is 0 Å². The van der Waals surface area contributed by atoms with Crippen molar-refractivity contribution < 1.29 is 4.79 Å². The van der Waals surface area contributed by atoms with Gasteiger partial charge in [-0.2, -0.15) is 0 Å². The molecule has 3 heterocycles. The standard InChI is InChI=1S/C22H21BrN4O2/c1-13-15-12-19(24-17(15)7-6-16(13)23)21(28)26-10-8-14(9-11-26)27-20-5-3-2-4-18(20)25-22(27)29/h2-7,12,14,24H,8-11H2,1H3,(H,25,29). The fourth-order valence-corrected chi connectivity index (χ4v) is 4.72. The number of likely N-dealkylation sites (tertiary alicyclic amines) is 1. The second-order valence-electron chi connectivity index (χ2n) is 7.66. The molecule has 0 spiro atoms. The number of carbonyl (C=O) groups is 1. The first kappa shape index (κ1) is 18.2. The molecule has 1 fully saturated rings. The number of halogens is 1. The van der Waals surface area contributed by atoms with Crippen molar-refractivity contribution in [2.45, 2.75) is 25.8 Å². The summed E-state index contributed by atoms with van der Waals surface area (Å²) in [6, 6.07) is 13.8. The molecule has 0 radical (unpaired) electrons. The number of carbonyl (C=O) groups excluding carboxylic acids is 1. The second kappa shape index (κ2) is 6.91. The van der Waals surface area contributed by atoms with E-state index in [4.69, 9.17) is 0 Å². The van der Waals surface area contributed by atoms with E-state index in [2.05, 4.69) is 25.9 Å². The molecule has 0 atom stereocenters. The fraction of sp³-hybridized carbons (Fsp3) is 0.273. The van der Waals surface area contributed by atoms with Gasteiger partial charge >= 0.3 is 5.69 Å². The van der Waals surface area contributed by atoms with Gasteiger partial charge < -0.3 is 14.9 Å². The average molecular weight is 453 g/mol. The van der Waals surface area contributed by atoms with Gasteiger partial charge in [0.05, 0.1) is 11.0 Å². The predicted octanol–water partition coefficient (Wildman–Crippen LogP) is 4.36. The first-order chi connectivity index (χ1) is 14.0. The minimum Gasteiger partial charge on any atom is -0.351 e. The van der Waals surface area contributed by atoms with Gasteiger partial charge in [0.25, 0.3) is 5.91 Å². The van der Waals surface area contributed by atoms with Gasteiger partial charge in [-0.25, -0.2) is 4.79 Å². The number of aromatic amines is 2. The maximum atomic E-state index is 13.0. The molecule has 2 N–H and O–H groups in total. The zero-order valence-corrected chi connectivity index (χ0v) is 17.6. The molecule has 6 nitrogen and oxygen atoms in total. The van der Waals surface area contributed by atoms with Crippen molar-refractivity contribution in [2.75, 3.05) is 13.1 Å². The van der Waals surface area contributed by atoms with Crippen molar-refractivity contribution in [3.05, 3.63) is 68.7 Å². The first-order valence-corrected chi connectivity index (χ1v) is 10.6. The number of aromatic nitrogens is 3. The quantitative estimate of drug-likeness (QED) is 0.474. The summed E-state index contributed by atoms with van der Waals surface area (Å²) in [5.41, 5.74) is 4.41. The summed E-state index contributed by atoms with van der Waals surface area (Å²) in [6.07, 6.45) is 1.52. The van der Waals surface area contributed by atoms with Crippen LogP contribution in [0.4, 0.5) is 0 Å². The van der Waals surface area contributed by atoms with Crippen molar-refractivity contribution in [3.63, 3.8) is 0 Å². The second-order valence-corrected chi connectivity index (χ2v) is 8.51. The Labute approximate surface area is 175 Å². The van der Waals surface area contributed by atoms with Crippen LogP contribution in [0, 0.1) is 6.92 Å². The number of nitrogens with one attached hydrogen (secondary N) is 2. The Morgan fingerprint density at radius 3 is 2.62 bits per heavy atom. The number of rotatable bonds is 2. The van der Waals surface area contributed by atoms with Crippen LogP contribution in [0.1, 0.15) is 34.9 Å². The molecule has 1 aliphatic heterocycles. The van der Waals surface area contributed by atoms with E-state index in [1.54, 1.807) is 0 Å². The van der Waals surface area contributed by atoms with E-state index in [1.165, 1.54) is 0 Å². The van der Waals surface area contributed by atoms with Crippen molar-refractivity contribution in [1.29, 1.82) is 0 Å². The third-order valence-electron chi connectivity index (χ3n) is 5.98. The lowest BCUT2D eigenvalue weighted by molar-refractivity contribution is 0.0690. The molecule has 1 saturated heterocycles. The Hall–Kier alpha value is -2.80. The van der Waals surface area contributed by atoms with E-state index in [-0.39, 0.29) is 17.6 Å². The fourth-order valence-electron chi connectivity index (χ4n) is 4.37. The van der Waals surface area contributed by atoms with Crippen LogP contribution in [0.3, 0.4) is 0 Å². The van der Waals surface area contributed by atoms with Gasteiger partial charge in [-0.3, -0.25) is 9.36 Å². The van der Waals surface area contributed by atoms with E-state index in [0.717, 1.165) is 44.8 Å². The average Bonchev–Trinajstić information content (AvgIpc) is 3.31. The molecular weight excluding hydrogens is 432 g/mol. The summed E-state index contributed by atoms with van der Waals surface area (Å²) in [5.74, 6) is 0.0152. The number of hydrogen-bond acceptors (Lipinski definition) is 2. The minimum atomic E-state index is -0.0763. The normalized spacial score (nSPS) is 15.4. The van der Waals surface area contributed by atoms with Crippen LogP contribution >= 0.6 is 15.9 Å². The Bertz CT molecular complexity index is 1290. The Kier molecular flexibility index (Phi) is 4.35. The lowest BCUT2D eigenvalue weighted by atomic mass is 10.0. The summed E-state index contributed by atoms with van der Waals surface area (Å²) in [7, 11) is 0. The summed E-state index contributed by atoms with van der Waals surface area (Å²) in [5, 5.41) is 1.06.